The minimum absolute atomic E-state index is 0.0118. The first kappa shape index (κ1) is 17.3. The normalized spacial score (nSPS) is 10.3. The van der Waals surface area contributed by atoms with Gasteiger partial charge in [-0.3, -0.25) is 4.79 Å². The Morgan fingerprint density at radius 2 is 2.00 bits per heavy atom. The van der Waals surface area contributed by atoms with Crippen LogP contribution in [0.1, 0.15) is 25.8 Å². The van der Waals surface area contributed by atoms with Gasteiger partial charge in [0.25, 0.3) is 5.91 Å². The zero-order valence-electron chi connectivity index (χ0n) is 13.4. The van der Waals surface area contributed by atoms with E-state index >= 15 is 0 Å². The SMILES string of the molecule is CCCNCc1cccc(OCC)c1OCC(=O)N(C)C. The van der Waals surface area contributed by atoms with Crippen molar-refractivity contribution in [2.75, 3.05) is 33.9 Å². The van der Waals surface area contributed by atoms with E-state index in [0.29, 0.717) is 24.7 Å². The first-order valence-corrected chi connectivity index (χ1v) is 7.38. The molecular formula is C16H26N2O3. The zero-order valence-corrected chi connectivity index (χ0v) is 13.4. The molecule has 1 rings (SSSR count). The van der Waals surface area contributed by atoms with Crippen molar-refractivity contribution >= 4 is 5.91 Å². The fraction of sp³-hybridized carbons (Fsp3) is 0.562. The first-order valence-electron chi connectivity index (χ1n) is 7.38. The quantitative estimate of drug-likeness (QED) is 0.708. The summed E-state index contributed by atoms with van der Waals surface area (Å²) in [5, 5.41) is 3.34. The van der Waals surface area contributed by atoms with Crippen molar-refractivity contribution in [3.05, 3.63) is 23.8 Å². The largest absolute Gasteiger partial charge is 0.490 e. The molecule has 0 heterocycles. The number of carbonyl (C=O) groups excluding carboxylic acids is 1. The number of amides is 1. The van der Waals surface area contributed by atoms with Crippen LogP contribution in [0.3, 0.4) is 0 Å². The van der Waals surface area contributed by atoms with E-state index in [1.54, 1.807) is 14.1 Å². The molecule has 0 aliphatic heterocycles. The van der Waals surface area contributed by atoms with E-state index in [0.717, 1.165) is 18.5 Å². The zero-order chi connectivity index (χ0) is 15.7. The molecule has 1 aromatic rings. The maximum atomic E-state index is 11.7. The summed E-state index contributed by atoms with van der Waals surface area (Å²) in [5.41, 5.74) is 1.00. The Kier molecular flexibility index (Phi) is 7.61. The molecular weight excluding hydrogens is 268 g/mol. The highest BCUT2D eigenvalue weighted by atomic mass is 16.5. The van der Waals surface area contributed by atoms with Crippen LogP contribution in [0.4, 0.5) is 0 Å². The van der Waals surface area contributed by atoms with Crippen molar-refractivity contribution < 1.29 is 14.3 Å². The van der Waals surface area contributed by atoms with Crippen LogP contribution in [0, 0.1) is 0 Å². The minimum Gasteiger partial charge on any atom is -0.490 e. The van der Waals surface area contributed by atoms with E-state index in [2.05, 4.69) is 12.2 Å². The van der Waals surface area contributed by atoms with Crippen LogP contribution in [-0.2, 0) is 11.3 Å². The molecule has 0 unspecified atom stereocenters. The van der Waals surface area contributed by atoms with E-state index in [1.165, 1.54) is 4.90 Å². The number of nitrogens with zero attached hydrogens (tertiary/aromatic N) is 1. The van der Waals surface area contributed by atoms with Crippen LogP contribution in [-0.4, -0.2) is 44.7 Å². The monoisotopic (exact) mass is 294 g/mol. The van der Waals surface area contributed by atoms with Crippen LogP contribution in [0.2, 0.25) is 0 Å². The second-order valence-corrected chi connectivity index (χ2v) is 4.93. The summed E-state index contributed by atoms with van der Waals surface area (Å²) in [5.74, 6) is 1.26. The molecule has 0 aromatic heterocycles. The number of nitrogens with one attached hydrogen (secondary N) is 1. The second-order valence-electron chi connectivity index (χ2n) is 4.93. The molecule has 0 spiro atoms. The van der Waals surface area contributed by atoms with Gasteiger partial charge >= 0.3 is 0 Å². The third-order valence-electron chi connectivity index (χ3n) is 2.94. The highest BCUT2D eigenvalue weighted by molar-refractivity contribution is 5.77. The van der Waals surface area contributed by atoms with Gasteiger partial charge in [0.2, 0.25) is 0 Å². The molecule has 0 fully saturated rings. The maximum absolute atomic E-state index is 11.7. The van der Waals surface area contributed by atoms with Gasteiger partial charge in [0, 0.05) is 26.2 Å². The Morgan fingerprint density at radius 1 is 1.24 bits per heavy atom. The highest BCUT2D eigenvalue weighted by Crippen LogP contribution is 2.31. The van der Waals surface area contributed by atoms with Crippen LogP contribution < -0.4 is 14.8 Å². The van der Waals surface area contributed by atoms with Gasteiger partial charge in [-0.25, -0.2) is 0 Å². The van der Waals surface area contributed by atoms with Crippen molar-refractivity contribution in [3.8, 4) is 11.5 Å². The predicted molar refractivity (Wildman–Crippen MR) is 83.8 cm³/mol. The lowest BCUT2D eigenvalue weighted by molar-refractivity contribution is -0.130. The van der Waals surface area contributed by atoms with Gasteiger partial charge < -0.3 is 19.7 Å². The number of likely N-dealkylation sites (N-methyl/N-ethyl adjacent to an activating group) is 1. The van der Waals surface area contributed by atoms with Gasteiger partial charge in [-0.05, 0) is 26.0 Å². The summed E-state index contributed by atoms with van der Waals surface area (Å²) in [6, 6.07) is 5.79. The third kappa shape index (κ3) is 5.63. The van der Waals surface area contributed by atoms with E-state index in [9.17, 15) is 4.79 Å². The number of benzene rings is 1. The van der Waals surface area contributed by atoms with Gasteiger partial charge in [0.05, 0.1) is 6.61 Å². The molecule has 1 amide bonds. The number of hydrogen-bond acceptors (Lipinski definition) is 4. The van der Waals surface area contributed by atoms with Crippen molar-refractivity contribution in [2.24, 2.45) is 0 Å². The van der Waals surface area contributed by atoms with E-state index in [-0.39, 0.29) is 12.5 Å². The number of para-hydroxylation sites is 1. The Labute approximate surface area is 127 Å². The Morgan fingerprint density at radius 3 is 2.62 bits per heavy atom. The van der Waals surface area contributed by atoms with Crippen molar-refractivity contribution in [2.45, 2.75) is 26.8 Å². The molecule has 5 heteroatoms. The van der Waals surface area contributed by atoms with Crippen LogP contribution in [0.15, 0.2) is 18.2 Å². The summed E-state index contributed by atoms with van der Waals surface area (Å²) in [7, 11) is 3.42. The standard InChI is InChI=1S/C16H26N2O3/c1-5-10-17-11-13-8-7-9-14(20-6-2)16(13)21-12-15(19)18(3)4/h7-9,17H,5-6,10-12H2,1-4H3. The lowest BCUT2D eigenvalue weighted by Crippen LogP contribution is -2.28. The molecule has 0 radical (unpaired) electrons. The predicted octanol–water partition coefficient (Wildman–Crippen LogP) is 2.05. The minimum atomic E-state index is -0.0752. The summed E-state index contributed by atoms with van der Waals surface area (Å²) < 4.78 is 11.3. The van der Waals surface area contributed by atoms with E-state index in [1.807, 2.05) is 25.1 Å². The van der Waals surface area contributed by atoms with Gasteiger partial charge in [0.15, 0.2) is 18.1 Å². The average Bonchev–Trinajstić information content (AvgIpc) is 2.46. The van der Waals surface area contributed by atoms with Crippen molar-refractivity contribution in [3.63, 3.8) is 0 Å². The number of carbonyl (C=O) groups is 1. The fourth-order valence-electron chi connectivity index (χ4n) is 1.80. The average molecular weight is 294 g/mol. The fourth-order valence-corrected chi connectivity index (χ4v) is 1.80. The summed E-state index contributed by atoms with van der Waals surface area (Å²) >= 11 is 0. The lowest BCUT2D eigenvalue weighted by Gasteiger charge is -2.17. The lowest BCUT2D eigenvalue weighted by atomic mass is 10.2. The highest BCUT2D eigenvalue weighted by Gasteiger charge is 2.13. The number of rotatable bonds is 9. The number of hydrogen-bond donors (Lipinski definition) is 1. The smallest absolute Gasteiger partial charge is 0.259 e. The molecule has 0 saturated carbocycles. The van der Waals surface area contributed by atoms with Gasteiger partial charge in [0.1, 0.15) is 0 Å². The number of ether oxygens (including phenoxy) is 2. The first-order chi connectivity index (χ1) is 10.1. The molecule has 5 nitrogen and oxygen atoms in total. The molecule has 118 valence electrons. The maximum Gasteiger partial charge on any atom is 0.259 e. The van der Waals surface area contributed by atoms with E-state index in [4.69, 9.17) is 9.47 Å². The Hall–Kier alpha value is -1.75. The van der Waals surface area contributed by atoms with Gasteiger partial charge in [-0.15, -0.1) is 0 Å². The van der Waals surface area contributed by atoms with Crippen LogP contribution in [0.5, 0.6) is 11.5 Å². The second kappa shape index (κ2) is 9.23. The molecule has 0 saturated heterocycles. The molecule has 1 N–H and O–H groups in total. The molecule has 0 bridgehead atoms. The van der Waals surface area contributed by atoms with Crippen molar-refractivity contribution in [1.82, 2.24) is 10.2 Å². The van der Waals surface area contributed by atoms with Crippen molar-refractivity contribution in [1.29, 1.82) is 0 Å². The molecule has 21 heavy (non-hydrogen) atoms. The molecule has 0 atom stereocenters. The van der Waals surface area contributed by atoms with Crippen LogP contribution >= 0.6 is 0 Å². The van der Waals surface area contributed by atoms with Gasteiger partial charge in [-0.2, -0.15) is 0 Å². The molecule has 0 aliphatic rings. The summed E-state index contributed by atoms with van der Waals surface area (Å²) in [4.78, 5) is 13.2. The molecule has 1 aromatic carbocycles. The van der Waals surface area contributed by atoms with Gasteiger partial charge in [-0.1, -0.05) is 19.1 Å². The summed E-state index contributed by atoms with van der Waals surface area (Å²) in [6.07, 6.45) is 1.07. The van der Waals surface area contributed by atoms with E-state index < -0.39 is 0 Å². The van der Waals surface area contributed by atoms with Crippen LogP contribution in [0.25, 0.3) is 0 Å². The topological polar surface area (TPSA) is 50.8 Å². The Balaban J connectivity index is 2.85. The third-order valence-corrected chi connectivity index (χ3v) is 2.94. The molecule has 0 aliphatic carbocycles. The Bertz CT molecular complexity index is 447. The summed E-state index contributed by atoms with van der Waals surface area (Å²) in [6.45, 7) is 6.25.